The number of hydrogen-bond acceptors (Lipinski definition) is 2. The van der Waals surface area contributed by atoms with E-state index >= 15 is 0 Å². The van der Waals surface area contributed by atoms with Gasteiger partial charge in [0.05, 0.1) is 6.10 Å². The van der Waals surface area contributed by atoms with E-state index in [1.807, 2.05) is 25.1 Å². The van der Waals surface area contributed by atoms with Gasteiger partial charge in [-0.15, -0.1) is 0 Å². The standard InChI is InChI=1S/C16H17NO/c1-11-9-13(5-8-16(11)17)12-3-2-4-15(10-12)18-14-6-7-14/h2-5,8-10,14H,6-7,17H2,1H3. The maximum Gasteiger partial charge on any atom is 0.120 e. The van der Waals surface area contributed by atoms with Crippen molar-refractivity contribution in [1.82, 2.24) is 0 Å². The Morgan fingerprint density at radius 1 is 1.06 bits per heavy atom. The van der Waals surface area contributed by atoms with Crippen molar-refractivity contribution in [1.29, 1.82) is 0 Å². The predicted molar refractivity (Wildman–Crippen MR) is 74.7 cm³/mol. The van der Waals surface area contributed by atoms with Gasteiger partial charge in [-0.05, 0) is 60.7 Å². The lowest BCUT2D eigenvalue weighted by Gasteiger charge is -2.08. The third kappa shape index (κ3) is 2.33. The number of nitrogens with two attached hydrogens (primary N) is 1. The molecule has 3 rings (SSSR count). The van der Waals surface area contributed by atoms with Crippen molar-refractivity contribution >= 4 is 5.69 Å². The number of anilines is 1. The first-order valence-corrected chi connectivity index (χ1v) is 6.35. The molecule has 0 atom stereocenters. The van der Waals surface area contributed by atoms with Crippen molar-refractivity contribution in [3.8, 4) is 16.9 Å². The van der Waals surface area contributed by atoms with Gasteiger partial charge >= 0.3 is 0 Å². The van der Waals surface area contributed by atoms with Crippen LogP contribution in [0.4, 0.5) is 5.69 Å². The summed E-state index contributed by atoms with van der Waals surface area (Å²) in [5.41, 5.74) is 10.2. The third-order valence-corrected chi connectivity index (χ3v) is 3.26. The fourth-order valence-corrected chi connectivity index (χ4v) is 1.98. The first-order chi connectivity index (χ1) is 8.72. The predicted octanol–water partition coefficient (Wildman–Crippen LogP) is 3.79. The number of nitrogen functional groups attached to an aromatic ring is 1. The zero-order valence-electron chi connectivity index (χ0n) is 10.5. The summed E-state index contributed by atoms with van der Waals surface area (Å²) in [4.78, 5) is 0. The van der Waals surface area contributed by atoms with Crippen LogP contribution >= 0.6 is 0 Å². The number of benzene rings is 2. The number of aryl methyl sites for hydroxylation is 1. The Hall–Kier alpha value is -1.96. The van der Waals surface area contributed by atoms with Crippen molar-refractivity contribution in [3.05, 3.63) is 48.0 Å². The maximum atomic E-state index is 5.85. The molecule has 2 aromatic rings. The fourth-order valence-electron chi connectivity index (χ4n) is 1.98. The molecule has 1 aliphatic rings. The van der Waals surface area contributed by atoms with Crippen molar-refractivity contribution < 1.29 is 4.74 Å². The summed E-state index contributed by atoms with van der Waals surface area (Å²) in [6.45, 7) is 2.03. The Bertz CT molecular complexity index is 573. The molecule has 0 unspecified atom stereocenters. The molecule has 1 saturated carbocycles. The van der Waals surface area contributed by atoms with Gasteiger partial charge in [0.2, 0.25) is 0 Å². The fraction of sp³-hybridized carbons (Fsp3) is 0.250. The summed E-state index contributed by atoms with van der Waals surface area (Å²) in [5.74, 6) is 0.962. The van der Waals surface area contributed by atoms with E-state index in [2.05, 4.69) is 24.3 Å². The minimum atomic E-state index is 0.438. The molecule has 0 radical (unpaired) electrons. The summed E-state index contributed by atoms with van der Waals surface area (Å²) >= 11 is 0. The van der Waals surface area contributed by atoms with E-state index < -0.39 is 0 Å². The van der Waals surface area contributed by atoms with Crippen LogP contribution in [0, 0.1) is 6.92 Å². The Morgan fingerprint density at radius 3 is 2.56 bits per heavy atom. The Morgan fingerprint density at radius 2 is 1.83 bits per heavy atom. The molecule has 2 heteroatoms. The smallest absolute Gasteiger partial charge is 0.120 e. The molecule has 18 heavy (non-hydrogen) atoms. The SMILES string of the molecule is Cc1cc(-c2cccc(OC3CC3)c2)ccc1N. The van der Waals surface area contributed by atoms with Crippen LogP contribution in [0.2, 0.25) is 0 Å². The van der Waals surface area contributed by atoms with Gasteiger partial charge in [0.1, 0.15) is 5.75 Å². The lowest BCUT2D eigenvalue weighted by molar-refractivity contribution is 0.303. The molecule has 2 N–H and O–H groups in total. The van der Waals surface area contributed by atoms with Crippen molar-refractivity contribution in [2.45, 2.75) is 25.9 Å². The van der Waals surface area contributed by atoms with Gasteiger partial charge in [-0.2, -0.15) is 0 Å². The molecule has 2 aromatic carbocycles. The van der Waals surface area contributed by atoms with Crippen molar-refractivity contribution in [3.63, 3.8) is 0 Å². The molecule has 92 valence electrons. The lowest BCUT2D eigenvalue weighted by atomic mass is 10.0. The average molecular weight is 239 g/mol. The Balaban J connectivity index is 1.92. The quantitative estimate of drug-likeness (QED) is 0.827. The Kier molecular flexibility index (Phi) is 2.71. The lowest BCUT2D eigenvalue weighted by Crippen LogP contribution is -1.95. The highest BCUT2D eigenvalue weighted by atomic mass is 16.5. The van der Waals surface area contributed by atoms with E-state index in [1.54, 1.807) is 0 Å². The van der Waals surface area contributed by atoms with Crippen molar-refractivity contribution in [2.75, 3.05) is 5.73 Å². The topological polar surface area (TPSA) is 35.2 Å². The van der Waals surface area contributed by atoms with Crippen LogP contribution in [-0.4, -0.2) is 6.10 Å². The molecular formula is C16H17NO. The van der Waals surface area contributed by atoms with Gasteiger partial charge in [-0.25, -0.2) is 0 Å². The van der Waals surface area contributed by atoms with Crippen LogP contribution in [0.25, 0.3) is 11.1 Å². The molecule has 0 heterocycles. The van der Waals surface area contributed by atoms with Gasteiger partial charge in [0.15, 0.2) is 0 Å². The molecule has 1 fully saturated rings. The van der Waals surface area contributed by atoms with E-state index in [1.165, 1.54) is 24.0 Å². The van der Waals surface area contributed by atoms with Gasteiger partial charge in [-0.1, -0.05) is 18.2 Å². The van der Waals surface area contributed by atoms with Gasteiger partial charge < -0.3 is 10.5 Å². The zero-order valence-corrected chi connectivity index (χ0v) is 10.5. The molecule has 1 aliphatic carbocycles. The van der Waals surface area contributed by atoms with Crippen LogP contribution in [0.1, 0.15) is 18.4 Å². The summed E-state index contributed by atoms with van der Waals surface area (Å²) in [7, 11) is 0. The molecule has 0 aliphatic heterocycles. The minimum absolute atomic E-state index is 0.438. The van der Waals surface area contributed by atoms with Crippen LogP contribution in [0.3, 0.4) is 0 Å². The van der Waals surface area contributed by atoms with Crippen LogP contribution in [-0.2, 0) is 0 Å². The van der Waals surface area contributed by atoms with E-state index in [-0.39, 0.29) is 0 Å². The zero-order chi connectivity index (χ0) is 12.5. The largest absolute Gasteiger partial charge is 0.490 e. The Labute approximate surface area is 107 Å². The average Bonchev–Trinajstić information content (AvgIpc) is 3.17. The molecule has 2 nitrogen and oxygen atoms in total. The van der Waals surface area contributed by atoms with Crippen LogP contribution in [0.15, 0.2) is 42.5 Å². The number of ether oxygens (including phenoxy) is 1. The summed E-state index contributed by atoms with van der Waals surface area (Å²) in [6, 6.07) is 14.4. The van der Waals surface area contributed by atoms with E-state index in [9.17, 15) is 0 Å². The molecular weight excluding hydrogens is 222 g/mol. The number of rotatable bonds is 3. The highest BCUT2D eigenvalue weighted by Crippen LogP contribution is 2.30. The molecule has 0 spiro atoms. The highest BCUT2D eigenvalue weighted by molar-refractivity contribution is 5.68. The van der Waals surface area contributed by atoms with Gasteiger partial charge in [0.25, 0.3) is 0 Å². The monoisotopic (exact) mass is 239 g/mol. The van der Waals surface area contributed by atoms with E-state index in [4.69, 9.17) is 10.5 Å². The highest BCUT2D eigenvalue weighted by Gasteiger charge is 2.23. The molecule has 0 amide bonds. The first kappa shape index (κ1) is 11.1. The number of hydrogen-bond donors (Lipinski definition) is 1. The van der Waals surface area contributed by atoms with Crippen LogP contribution in [0.5, 0.6) is 5.75 Å². The summed E-state index contributed by atoms with van der Waals surface area (Å²) < 4.78 is 5.82. The second-order valence-corrected chi connectivity index (χ2v) is 4.92. The summed E-state index contributed by atoms with van der Waals surface area (Å²) in [5, 5.41) is 0. The minimum Gasteiger partial charge on any atom is -0.490 e. The van der Waals surface area contributed by atoms with Gasteiger partial charge in [0, 0.05) is 5.69 Å². The first-order valence-electron chi connectivity index (χ1n) is 6.35. The van der Waals surface area contributed by atoms with Gasteiger partial charge in [-0.3, -0.25) is 0 Å². The second kappa shape index (κ2) is 4.37. The molecule has 0 aromatic heterocycles. The molecule has 0 bridgehead atoms. The van der Waals surface area contributed by atoms with Crippen molar-refractivity contribution in [2.24, 2.45) is 0 Å². The van der Waals surface area contributed by atoms with E-state index in [0.717, 1.165) is 17.0 Å². The summed E-state index contributed by atoms with van der Waals surface area (Å²) in [6.07, 6.45) is 2.81. The van der Waals surface area contributed by atoms with E-state index in [0.29, 0.717) is 6.10 Å². The maximum absolute atomic E-state index is 5.85. The third-order valence-electron chi connectivity index (χ3n) is 3.26. The van der Waals surface area contributed by atoms with Crippen LogP contribution < -0.4 is 10.5 Å². The normalized spacial score (nSPS) is 14.5. The second-order valence-electron chi connectivity index (χ2n) is 4.92. The molecule has 0 saturated heterocycles.